The number of nitrogens with zero attached hydrogens (tertiary/aromatic N) is 5. The second-order valence-electron chi connectivity index (χ2n) is 6.10. The normalized spacial score (nSPS) is 15.3. The highest BCUT2D eigenvalue weighted by molar-refractivity contribution is 7.99. The molecule has 1 aliphatic heterocycles. The average Bonchev–Trinajstić information content (AvgIpc) is 2.88. The topological polar surface area (TPSA) is 63.9 Å². The summed E-state index contributed by atoms with van der Waals surface area (Å²) in [7, 11) is 0. The summed E-state index contributed by atoms with van der Waals surface area (Å²) in [6.07, 6.45) is 5.27. The van der Waals surface area contributed by atoms with Gasteiger partial charge in [-0.25, -0.2) is 0 Å². The lowest BCUT2D eigenvalue weighted by Gasteiger charge is -2.19. The van der Waals surface area contributed by atoms with Crippen molar-refractivity contribution in [1.29, 1.82) is 0 Å². The SMILES string of the molecule is Cc1ccc(-n2nnnc2SCCC(=O)N2CCCCCC2)cc1. The molecule has 1 aliphatic rings. The minimum absolute atomic E-state index is 0.249. The van der Waals surface area contributed by atoms with Crippen molar-refractivity contribution in [3.05, 3.63) is 29.8 Å². The first-order chi connectivity index (χ1) is 11.7. The van der Waals surface area contributed by atoms with Crippen molar-refractivity contribution < 1.29 is 4.79 Å². The molecule has 128 valence electrons. The Bertz CT molecular complexity index is 662. The van der Waals surface area contributed by atoms with E-state index in [0.717, 1.165) is 36.8 Å². The van der Waals surface area contributed by atoms with E-state index in [2.05, 4.69) is 15.5 Å². The number of aryl methyl sites for hydroxylation is 1. The van der Waals surface area contributed by atoms with E-state index in [-0.39, 0.29) is 5.91 Å². The fourth-order valence-electron chi connectivity index (χ4n) is 2.82. The van der Waals surface area contributed by atoms with E-state index in [1.165, 1.54) is 30.2 Å². The zero-order valence-electron chi connectivity index (χ0n) is 14.0. The summed E-state index contributed by atoms with van der Waals surface area (Å²) in [5, 5.41) is 12.6. The van der Waals surface area contributed by atoms with E-state index >= 15 is 0 Å². The van der Waals surface area contributed by atoms with Crippen molar-refractivity contribution in [1.82, 2.24) is 25.1 Å². The fraction of sp³-hybridized carbons (Fsp3) is 0.529. The summed E-state index contributed by atoms with van der Waals surface area (Å²) < 4.78 is 1.72. The predicted molar refractivity (Wildman–Crippen MR) is 94.3 cm³/mol. The third-order valence-corrected chi connectivity index (χ3v) is 5.15. The molecule has 0 bridgehead atoms. The number of likely N-dealkylation sites (tertiary alicyclic amines) is 1. The van der Waals surface area contributed by atoms with Gasteiger partial charge in [-0.3, -0.25) is 4.79 Å². The molecule has 1 fully saturated rings. The molecular formula is C17H23N5OS. The zero-order valence-corrected chi connectivity index (χ0v) is 14.8. The molecule has 0 aliphatic carbocycles. The van der Waals surface area contributed by atoms with Gasteiger partial charge in [0.2, 0.25) is 11.1 Å². The van der Waals surface area contributed by atoms with Gasteiger partial charge in [0, 0.05) is 25.3 Å². The van der Waals surface area contributed by atoms with Crippen molar-refractivity contribution >= 4 is 17.7 Å². The van der Waals surface area contributed by atoms with Gasteiger partial charge in [-0.2, -0.15) is 4.68 Å². The van der Waals surface area contributed by atoms with E-state index in [0.29, 0.717) is 12.2 Å². The second-order valence-corrected chi connectivity index (χ2v) is 7.16. The number of hydrogen-bond acceptors (Lipinski definition) is 5. The van der Waals surface area contributed by atoms with Gasteiger partial charge in [0.1, 0.15) is 0 Å². The summed E-state index contributed by atoms with van der Waals surface area (Å²) >= 11 is 1.53. The summed E-state index contributed by atoms with van der Waals surface area (Å²) in [5.41, 5.74) is 2.14. The van der Waals surface area contributed by atoms with Crippen molar-refractivity contribution in [3.63, 3.8) is 0 Å². The number of rotatable bonds is 5. The number of hydrogen-bond donors (Lipinski definition) is 0. The predicted octanol–water partition coefficient (Wildman–Crippen LogP) is 2.86. The Labute approximate surface area is 146 Å². The van der Waals surface area contributed by atoms with Crippen LogP contribution in [0.25, 0.3) is 5.69 Å². The maximum atomic E-state index is 12.3. The summed E-state index contributed by atoms with van der Waals surface area (Å²) in [6.45, 7) is 3.86. The highest BCUT2D eigenvalue weighted by Crippen LogP contribution is 2.20. The van der Waals surface area contributed by atoms with Crippen LogP contribution in [0.2, 0.25) is 0 Å². The van der Waals surface area contributed by atoms with Crippen molar-refractivity contribution in [3.8, 4) is 5.69 Å². The summed E-state index contributed by atoms with van der Waals surface area (Å²) in [4.78, 5) is 14.3. The maximum Gasteiger partial charge on any atom is 0.223 e. The Hall–Kier alpha value is -1.89. The summed E-state index contributed by atoms with van der Waals surface area (Å²) in [6, 6.07) is 8.07. The molecule has 0 radical (unpaired) electrons. The van der Waals surface area contributed by atoms with E-state index in [1.54, 1.807) is 4.68 Å². The highest BCUT2D eigenvalue weighted by Gasteiger charge is 2.16. The Morgan fingerprint density at radius 3 is 2.54 bits per heavy atom. The van der Waals surface area contributed by atoms with Crippen LogP contribution < -0.4 is 0 Å². The molecule has 3 rings (SSSR count). The van der Waals surface area contributed by atoms with Gasteiger partial charge >= 0.3 is 0 Å². The molecule has 1 saturated heterocycles. The quantitative estimate of drug-likeness (QED) is 0.780. The van der Waals surface area contributed by atoms with Crippen molar-refractivity contribution in [2.45, 2.75) is 44.2 Å². The number of aromatic nitrogens is 4. The Balaban J connectivity index is 1.55. The lowest BCUT2D eigenvalue weighted by Crippen LogP contribution is -2.31. The number of benzene rings is 1. The number of carbonyl (C=O) groups excluding carboxylic acids is 1. The molecule has 24 heavy (non-hydrogen) atoms. The molecule has 0 spiro atoms. The Kier molecular flexibility index (Phi) is 5.85. The average molecular weight is 345 g/mol. The molecule has 0 unspecified atom stereocenters. The smallest absolute Gasteiger partial charge is 0.223 e. The molecule has 7 heteroatoms. The molecule has 1 amide bonds. The molecule has 1 aromatic carbocycles. The van der Waals surface area contributed by atoms with Crippen LogP contribution in [0, 0.1) is 6.92 Å². The van der Waals surface area contributed by atoms with Crippen molar-refractivity contribution in [2.24, 2.45) is 0 Å². The van der Waals surface area contributed by atoms with Crippen LogP contribution in [-0.2, 0) is 4.79 Å². The first-order valence-corrected chi connectivity index (χ1v) is 9.48. The Morgan fingerprint density at radius 2 is 1.83 bits per heavy atom. The molecule has 2 aromatic rings. The molecule has 1 aromatic heterocycles. The third-order valence-electron chi connectivity index (χ3n) is 4.23. The zero-order chi connectivity index (χ0) is 16.8. The molecule has 6 nitrogen and oxygen atoms in total. The van der Waals surface area contributed by atoms with Crippen LogP contribution >= 0.6 is 11.8 Å². The maximum absolute atomic E-state index is 12.3. The standard InChI is InChI=1S/C17H23N5OS/c1-14-6-8-15(9-7-14)22-17(18-19-20-22)24-13-10-16(23)21-11-4-2-3-5-12-21/h6-9H,2-5,10-13H2,1H3. The minimum atomic E-state index is 0.249. The van der Waals surface area contributed by atoms with Gasteiger partial charge in [0.15, 0.2) is 0 Å². The van der Waals surface area contributed by atoms with Gasteiger partial charge < -0.3 is 4.90 Å². The highest BCUT2D eigenvalue weighted by atomic mass is 32.2. The van der Waals surface area contributed by atoms with Crippen LogP contribution in [0.3, 0.4) is 0 Å². The lowest BCUT2D eigenvalue weighted by molar-refractivity contribution is -0.130. The first-order valence-electron chi connectivity index (χ1n) is 8.50. The lowest BCUT2D eigenvalue weighted by atomic mass is 10.2. The van der Waals surface area contributed by atoms with Gasteiger partial charge in [-0.1, -0.05) is 42.3 Å². The summed E-state index contributed by atoms with van der Waals surface area (Å²) in [5.74, 6) is 0.945. The van der Waals surface area contributed by atoms with Gasteiger partial charge in [-0.15, -0.1) is 5.10 Å². The first kappa shape index (κ1) is 17.0. The molecule has 0 atom stereocenters. The molecule has 0 N–H and O–H groups in total. The van der Waals surface area contributed by atoms with Gasteiger partial charge in [0.05, 0.1) is 5.69 Å². The van der Waals surface area contributed by atoms with E-state index in [1.807, 2.05) is 36.1 Å². The molecule has 0 saturated carbocycles. The van der Waals surface area contributed by atoms with Gasteiger partial charge in [-0.05, 0) is 42.3 Å². The van der Waals surface area contributed by atoms with Crippen LogP contribution in [0.4, 0.5) is 0 Å². The molecule has 2 heterocycles. The monoisotopic (exact) mass is 345 g/mol. The van der Waals surface area contributed by atoms with Crippen molar-refractivity contribution in [2.75, 3.05) is 18.8 Å². The number of tetrazole rings is 1. The number of carbonyl (C=O) groups is 1. The van der Waals surface area contributed by atoms with Crippen LogP contribution in [0.5, 0.6) is 0 Å². The number of thioether (sulfide) groups is 1. The van der Waals surface area contributed by atoms with E-state index < -0.39 is 0 Å². The minimum Gasteiger partial charge on any atom is -0.343 e. The second kappa shape index (κ2) is 8.28. The van der Waals surface area contributed by atoms with Gasteiger partial charge in [0.25, 0.3) is 0 Å². The van der Waals surface area contributed by atoms with E-state index in [9.17, 15) is 4.79 Å². The van der Waals surface area contributed by atoms with Crippen LogP contribution in [0.15, 0.2) is 29.4 Å². The van der Waals surface area contributed by atoms with E-state index in [4.69, 9.17) is 0 Å². The number of amides is 1. The van der Waals surface area contributed by atoms with Crippen LogP contribution in [0.1, 0.15) is 37.7 Å². The van der Waals surface area contributed by atoms with Crippen LogP contribution in [-0.4, -0.2) is 49.9 Å². The molecular weight excluding hydrogens is 322 g/mol. The largest absolute Gasteiger partial charge is 0.343 e. The Morgan fingerprint density at radius 1 is 1.12 bits per heavy atom. The fourth-order valence-corrected chi connectivity index (χ4v) is 3.64. The third kappa shape index (κ3) is 4.35.